The van der Waals surface area contributed by atoms with Crippen molar-refractivity contribution in [1.29, 1.82) is 0 Å². The minimum Gasteiger partial charge on any atom is -0.475 e. The van der Waals surface area contributed by atoms with Gasteiger partial charge in [0, 0.05) is 66.9 Å². The smallest absolute Gasteiger partial charge is 0.351 e. The van der Waals surface area contributed by atoms with Crippen molar-refractivity contribution in [3.05, 3.63) is 80.6 Å². The molecule has 14 heteroatoms. The van der Waals surface area contributed by atoms with Crippen molar-refractivity contribution in [1.82, 2.24) is 19.1 Å². The van der Waals surface area contributed by atoms with Gasteiger partial charge in [-0.25, -0.2) is 9.59 Å². The number of aromatic nitrogens is 4. The number of anilines is 2. The SMILES string of the molecule is CN(c1ccc2c(c1)CCn1c-2cc(OC[C@@H]2COCCO2)nc1=O)C1CCCCC1.O=c1nc(OC[C@@H]2COCCO2)cc2n1CCc1cc(NC3CCCCC3)ccc1-2. The first-order chi connectivity index (χ1) is 29.9. The lowest BCUT2D eigenvalue weighted by atomic mass is 9.93. The van der Waals surface area contributed by atoms with Gasteiger partial charge in [-0.2, -0.15) is 9.97 Å². The summed E-state index contributed by atoms with van der Waals surface area (Å²) in [6.07, 6.45) is 14.4. The van der Waals surface area contributed by atoms with Crippen LogP contribution in [-0.2, 0) is 44.9 Å². The van der Waals surface area contributed by atoms with Crippen molar-refractivity contribution in [3.8, 4) is 34.3 Å². The summed E-state index contributed by atoms with van der Waals surface area (Å²) in [7, 11) is 2.21. The molecule has 1 N–H and O–H groups in total. The Morgan fingerprint density at radius 1 is 0.672 bits per heavy atom. The molecule has 4 fully saturated rings. The van der Waals surface area contributed by atoms with E-state index in [0.29, 0.717) is 89.8 Å². The third kappa shape index (κ3) is 9.98. The summed E-state index contributed by atoms with van der Waals surface area (Å²) in [6, 6.07) is 18.1. The second-order valence-electron chi connectivity index (χ2n) is 17.2. The van der Waals surface area contributed by atoms with Gasteiger partial charge < -0.3 is 38.6 Å². The number of nitrogens with zero attached hydrogens (tertiary/aromatic N) is 5. The monoisotopic (exact) mass is 836 g/mol. The molecule has 6 aliphatic rings. The molecule has 326 valence electrons. The molecule has 0 unspecified atom stereocenters. The fraction of sp³-hybridized carbons (Fsp3) is 0.574. The minimum atomic E-state index is -0.265. The number of aryl methyl sites for hydroxylation is 2. The molecule has 4 aromatic rings. The van der Waals surface area contributed by atoms with Gasteiger partial charge >= 0.3 is 11.4 Å². The largest absolute Gasteiger partial charge is 0.475 e. The Kier molecular flexibility index (Phi) is 13.3. The summed E-state index contributed by atoms with van der Waals surface area (Å²) >= 11 is 0. The average molecular weight is 837 g/mol. The number of rotatable bonds is 10. The van der Waals surface area contributed by atoms with Crippen molar-refractivity contribution >= 4 is 11.4 Å². The zero-order chi connectivity index (χ0) is 41.5. The normalized spacial score (nSPS) is 21.4. The Morgan fingerprint density at radius 3 is 1.77 bits per heavy atom. The van der Waals surface area contributed by atoms with Crippen LogP contribution in [0.3, 0.4) is 0 Å². The van der Waals surface area contributed by atoms with E-state index < -0.39 is 0 Å². The standard InChI is InChI=1S/C24H31N3O4.C23H29N3O4/c1-26(18-5-3-2-4-6-18)19-7-8-21-17(13-19)9-10-27-22(21)14-23(25-24(27)28)31-16-20-15-29-11-12-30-20;27-23-25-22(30-15-19-14-28-10-11-29-19)13-21-20-7-6-18(12-16(20)8-9-26(21)23)24-17-4-2-1-3-5-17/h7-8,13-14,18,20H,2-6,9-12,15-16H2,1H3;6-7,12-13,17,19,24H,1-5,8-11,14-15H2/t20-;19-/m00/s1. The van der Waals surface area contributed by atoms with Crippen LogP contribution in [0.1, 0.15) is 75.3 Å². The van der Waals surface area contributed by atoms with Crippen LogP contribution in [0.2, 0.25) is 0 Å². The summed E-state index contributed by atoms with van der Waals surface area (Å²) in [6.45, 7) is 5.31. The molecule has 10 rings (SSSR count). The highest BCUT2D eigenvalue weighted by atomic mass is 16.6. The van der Waals surface area contributed by atoms with E-state index in [1.54, 1.807) is 9.13 Å². The molecule has 2 aromatic carbocycles. The topological polar surface area (TPSA) is 140 Å². The van der Waals surface area contributed by atoms with Crippen molar-refractivity contribution in [2.24, 2.45) is 0 Å². The summed E-state index contributed by atoms with van der Waals surface area (Å²) in [5.41, 5.74) is 8.38. The Balaban J connectivity index is 0.000000156. The van der Waals surface area contributed by atoms with Crippen LogP contribution in [-0.4, -0.2) is 103 Å². The van der Waals surface area contributed by atoms with Crippen LogP contribution in [0, 0.1) is 0 Å². The van der Waals surface area contributed by atoms with Gasteiger partial charge in [0.15, 0.2) is 0 Å². The van der Waals surface area contributed by atoms with Gasteiger partial charge in [-0.05, 0) is 73.9 Å². The molecule has 2 saturated carbocycles. The first-order valence-electron chi connectivity index (χ1n) is 22.6. The third-order valence-corrected chi connectivity index (χ3v) is 13.0. The Bertz CT molecular complexity index is 2240. The molecule has 0 radical (unpaired) electrons. The number of hydrogen-bond acceptors (Lipinski definition) is 12. The maximum atomic E-state index is 12.6. The van der Waals surface area contributed by atoms with Crippen LogP contribution in [0.25, 0.3) is 22.5 Å². The molecule has 2 aromatic heterocycles. The number of hydrogen-bond donors (Lipinski definition) is 1. The van der Waals surface area contributed by atoms with Gasteiger partial charge in [-0.15, -0.1) is 0 Å². The Labute approximate surface area is 357 Å². The van der Waals surface area contributed by atoms with Crippen molar-refractivity contribution in [2.45, 2.75) is 114 Å². The maximum Gasteiger partial charge on any atom is 0.351 e. The van der Waals surface area contributed by atoms with E-state index in [4.69, 9.17) is 28.4 Å². The highest BCUT2D eigenvalue weighted by molar-refractivity contribution is 5.71. The number of nitrogens with one attached hydrogen (secondary N) is 1. The molecular formula is C47H60N6O8. The molecule has 14 nitrogen and oxygen atoms in total. The van der Waals surface area contributed by atoms with Gasteiger partial charge in [0.1, 0.15) is 25.4 Å². The maximum absolute atomic E-state index is 12.6. The molecular weight excluding hydrogens is 777 g/mol. The zero-order valence-electron chi connectivity index (χ0n) is 35.5. The van der Waals surface area contributed by atoms with E-state index in [1.165, 1.54) is 86.7 Å². The second-order valence-corrected chi connectivity index (χ2v) is 17.2. The lowest BCUT2D eigenvalue weighted by molar-refractivity contribution is -0.102. The zero-order valence-corrected chi connectivity index (χ0v) is 35.5. The van der Waals surface area contributed by atoms with Crippen LogP contribution in [0.4, 0.5) is 11.4 Å². The first-order valence-corrected chi connectivity index (χ1v) is 22.6. The fourth-order valence-corrected chi connectivity index (χ4v) is 9.64. The molecule has 6 heterocycles. The van der Waals surface area contributed by atoms with Gasteiger partial charge in [0.2, 0.25) is 11.8 Å². The van der Waals surface area contributed by atoms with Crippen molar-refractivity contribution < 1.29 is 28.4 Å². The fourth-order valence-electron chi connectivity index (χ4n) is 9.64. The number of benzene rings is 2. The highest BCUT2D eigenvalue weighted by Crippen LogP contribution is 2.35. The lowest BCUT2D eigenvalue weighted by Crippen LogP contribution is -2.34. The second kappa shape index (κ2) is 19.5. The summed E-state index contributed by atoms with van der Waals surface area (Å²) < 4.78 is 37.1. The van der Waals surface area contributed by atoms with Crippen LogP contribution in [0.5, 0.6) is 11.8 Å². The van der Waals surface area contributed by atoms with Gasteiger partial charge in [0.05, 0.1) is 51.0 Å². The van der Waals surface area contributed by atoms with E-state index >= 15 is 0 Å². The van der Waals surface area contributed by atoms with Crippen LogP contribution >= 0.6 is 0 Å². The van der Waals surface area contributed by atoms with Crippen molar-refractivity contribution in [3.63, 3.8) is 0 Å². The molecule has 61 heavy (non-hydrogen) atoms. The quantitative estimate of drug-likeness (QED) is 0.199. The predicted molar refractivity (Wildman–Crippen MR) is 233 cm³/mol. The first kappa shape index (κ1) is 41.6. The summed E-state index contributed by atoms with van der Waals surface area (Å²) in [5, 5.41) is 3.70. The Hall–Kier alpha value is -4.76. The number of fused-ring (bicyclic) bond motifs is 6. The summed E-state index contributed by atoms with van der Waals surface area (Å²) in [4.78, 5) is 35.9. The molecule has 2 aliphatic carbocycles. The molecule has 4 aliphatic heterocycles. The third-order valence-electron chi connectivity index (χ3n) is 13.0. The molecule has 0 bridgehead atoms. The van der Waals surface area contributed by atoms with Crippen molar-refractivity contribution in [2.75, 3.05) is 70.1 Å². The van der Waals surface area contributed by atoms with E-state index in [0.717, 1.165) is 35.4 Å². The van der Waals surface area contributed by atoms with Gasteiger partial charge in [0.25, 0.3) is 0 Å². The lowest BCUT2D eigenvalue weighted by Gasteiger charge is -2.34. The van der Waals surface area contributed by atoms with E-state index in [9.17, 15) is 9.59 Å². The minimum absolute atomic E-state index is 0.125. The summed E-state index contributed by atoms with van der Waals surface area (Å²) in [5.74, 6) is 0.694. The average Bonchev–Trinajstić information content (AvgIpc) is 3.31. The van der Waals surface area contributed by atoms with Crippen LogP contribution < -0.4 is 31.1 Å². The molecule has 2 atom stereocenters. The number of ether oxygens (including phenoxy) is 6. The van der Waals surface area contributed by atoms with E-state index in [-0.39, 0.29) is 23.6 Å². The molecule has 2 saturated heterocycles. The predicted octanol–water partition coefficient (Wildman–Crippen LogP) is 6.03. The Morgan fingerprint density at radius 2 is 1.21 bits per heavy atom. The highest BCUT2D eigenvalue weighted by Gasteiger charge is 2.25. The molecule has 0 amide bonds. The van der Waals surface area contributed by atoms with Gasteiger partial charge in [-0.1, -0.05) is 50.7 Å². The molecule has 0 spiro atoms. The van der Waals surface area contributed by atoms with E-state index in [2.05, 4.69) is 63.6 Å². The van der Waals surface area contributed by atoms with Crippen LogP contribution in [0.15, 0.2) is 58.1 Å². The van der Waals surface area contributed by atoms with Gasteiger partial charge in [-0.3, -0.25) is 9.13 Å². The van der Waals surface area contributed by atoms with E-state index in [1.807, 2.05) is 12.1 Å².